The molecule has 1 atom stereocenters. The summed E-state index contributed by atoms with van der Waals surface area (Å²) in [7, 11) is 0. The lowest BCUT2D eigenvalue weighted by atomic mass is 10.0. The number of fused-ring (bicyclic) bond motifs is 1. The van der Waals surface area contributed by atoms with Crippen molar-refractivity contribution in [2.45, 2.75) is 18.9 Å². The highest BCUT2D eigenvalue weighted by atomic mass is 15.4. The molecule has 2 N–H and O–H groups in total. The second-order valence-corrected chi connectivity index (χ2v) is 5.25. The molecular formula is C15H16N6. The molecule has 4 rings (SSSR count). The normalized spacial score (nSPS) is 18.5. The minimum atomic E-state index is 0.278. The summed E-state index contributed by atoms with van der Waals surface area (Å²) in [6.45, 7) is 0.971. The van der Waals surface area contributed by atoms with Gasteiger partial charge in [0.2, 0.25) is 5.95 Å². The van der Waals surface area contributed by atoms with Crippen molar-refractivity contribution < 1.29 is 0 Å². The van der Waals surface area contributed by atoms with Gasteiger partial charge in [-0.2, -0.15) is 4.98 Å². The van der Waals surface area contributed by atoms with Crippen molar-refractivity contribution >= 4 is 17.4 Å². The highest BCUT2D eigenvalue weighted by molar-refractivity contribution is 5.66. The number of aromatic nitrogens is 4. The predicted octanol–water partition coefficient (Wildman–Crippen LogP) is 2.05. The number of nitrogens with two attached hydrogens (primary N) is 1. The van der Waals surface area contributed by atoms with Crippen LogP contribution in [0.2, 0.25) is 0 Å². The molecule has 0 radical (unpaired) electrons. The predicted molar refractivity (Wildman–Crippen MR) is 81.0 cm³/mol. The SMILES string of the molecule is Nc1nc2c(N3CCC[C@@H]3c3ccccc3)nccn2n1. The van der Waals surface area contributed by atoms with Crippen LogP contribution in [0.3, 0.4) is 0 Å². The summed E-state index contributed by atoms with van der Waals surface area (Å²) in [6.07, 6.45) is 5.79. The quantitative estimate of drug-likeness (QED) is 0.777. The van der Waals surface area contributed by atoms with Crippen molar-refractivity contribution in [1.29, 1.82) is 0 Å². The Morgan fingerprint density at radius 1 is 1.19 bits per heavy atom. The van der Waals surface area contributed by atoms with Gasteiger partial charge in [0.15, 0.2) is 11.5 Å². The van der Waals surface area contributed by atoms with Gasteiger partial charge in [0.25, 0.3) is 0 Å². The molecule has 0 amide bonds. The maximum absolute atomic E-state index is 5.71. The Hall–Kier alpha value is -2.63. The van der Waals surface area contributed by atoms with Gasteiger partial charge >= 0.3 is 0 Å². The molecule has 0 unspecified atom stereocenters. The maximum atomic E-state index is 5.71. The number of nitrogen functional groups attached to an aromatic ring is 1. The molecule has 0 aliphatic carbocycles. The van der Waals surface area contributed by atoms with Crippen LogP contribution >= 0.6 is 0 Å². The number of nitrogens with zero attached hydrogens (tertiary/aromatic N) is 5. The minimum Gasteiger partial charge on any atom is -0.366 e. The van der Waals surface area contributed by atoms with Crippen molar-refractivity contribution in [2.75, 3.05) is 17.2 Å². The zero-order valence-electron chi connectivity index (χ0n) is 11.6. The average molecular weight is 280 g/mol. The van der Waals surface area contributed by atoms with Gasteiger partial charge in [0.05, 0.1) is 6.04 Å². The van der Waals surface area contributed by atoms with Crippen LogP contribution in [0.5, 0.6) is 0 Å². The van der Waals surface area contributed by atoms with E-state index in [0.717, 1.165) is 30.9 Å². The molecule has 1 aliphatic heterocycles. The van der Waals surface area contributed by atoms with Gasteiger partial charge in [-0.25, -0.2) is 9.50 Å². The molecule has 21 heavy (non-hydrogen) atoms. The Morgan fingerprint density at radius 3 is 2.90 bits per heavy atom. The third kappa shape index (κ3) is 1.99. The first-order valence-electron chi connectivity index (χ1n) is 7.11. The summed E-state index contributed by atoms with van der Waals surface area (Å²) in [5, 5.41) is 4.16. The van der Waals surface area contributed by atoms with E-state index in [1.165, 1.54) is 5.56 Å². The fourth-order valence-corrected chi connectivity index (χ4v) is 3.07. The summed E-state index contributed by atoms with van der Waals surface area (Å²) in [6, 6.07) is 10.9. The van der Waals surface area contributed by atoms with Gasteiger partial charge in [-0.1, -0.05) is 30.3 Å². The molecular weight excluding hydrogens is 264 g/mol. The molecule has 1 aliphatic rings. The van der Waals surface area contributed by atoms with Crippen molar-refractivity contribution in [3.8, 4) is 0 Å². The van der Waals surface area contributed by atoms with Crippen LogP contribution in [0.4, 0.5) is 11.8 Å². The summed E-state index contributed by atoms with van der Waals surface area (Å²) < 4.78 is 1.69. The minimum absolute atomic E-state index is 0.278. The third-order valence-electron chi connectivity index (χ3n) is 3.96. The van der Waals surface area contributed by atoms with E-state index >= 15 is 0 Å². The average Bonchev–Trinajstić information content (AvgIpc) is 3.12. The van der Waals surface area contributed by atoms with Gasteiger partial charge in [0, 0.05) is 18.9 Å². The van der Waals surface area contributed by atoms with Crippen LogP contribution in [0.1, 0.15) is 24.4 Å². The highest BCUT2D eigenvalue weighted by Gasteiger charge is 2.29. The van der Waals surface area contributed by atoms with Crippen LogP contribution in [-0.4, -0.2) is 26.1 Å². The lowest BCUT2D eigenvalue weighted by molar-refractivity contribution is 0.710. The maximum Gasteiger partial charge on any atom is 0.240 e. The van der Waals surface area contributed by atoms with Crippen LogP contribution < -0.4 is 10.6 Å². The molecule has 0 spiro atoms. The molecule has 6 heteroatoms. The van der Waals surface area contributed by atoms with E-state index in [-0.39, 0.29) is 5.95 Å². The van der Waals surface area contributed by atoms with Gasteiger partial charge < -0.3 is 10.6 Å². The standard InChI is InChI=1S/C15H16N6/c16-15-18-14-13(17-8-10-21(14)19-15)20-9-4-7-12(20)11-5-2-1-3-6-11/h1-3,5-6,8,10,12H,4,7,9H2,(H2,16,19)/t12-/m1/s1. The lowest BCUT2D eigenvalue weighted by Crippen LogP contribution is -2.24. The number of rotatable bonds is 2. The van der Waals surface area contributed by atoms with E-state index in [1.807, 2.05) is 6.07 Å². The van der Waals surface area contributed by atoms with Crippen molar-refractivity contribution in [3.63, 3.8) is 0 Å². The van der Waals surface area contributed by atoms with Crippen molar-refractivity contribution in [3.05, 3.63) is 48.3 Å². The van der Waals surface area contributed by atoms with Crippen LogP contribution in [0, 0.1) is 0 Å². The largest absolute Gasteiger partial charge is 0.366 e. The monoisotopic (exact) mass is 280 g/mol. The molecule has 2 aromatic heterocycles. The molecule has 0 saturated carbocycles. The van der Waals surface area contributed by atoms with Gasteiger partial charge in [-0.15, -0.1) is 5.10 Å². The Bertz CT molecular complexity index is 766. The van der Waals surface area contributed by atoms with Crippen molar-refractivity contribution in [2.24, 2.45) is 0 Å². The first-order valence-corrected chi connectivity index (χ1v) is 7.11. The lowest BCUT2D eigenvalue weighted by Gasteiger charge is -2.26. The Balaban J connectivity index is 1.80. The third-order valence-corrected chi connectivity index (χ3v) is 3.96. The van der Waals surface area contributed by atoms with Crippen LogP contribution in [0.25, 0.3) is 5.65 Å². The second-order valence-electron chi connectivity index (χ2n) is 5.25. The summed E-state index contributed by atoms with van der Waals surface area (Å²) in [5.74, 6) is 1.13. The molecule has 1 fully saturated rings. The van der Waals surface area contributed by atoms with E-state index in [2.05, 4.69) is 44.2 Å². The van der Waals surface area contributed by atoms with E-state index in [1.54, 1.807) is 16.9 Å². The molecule has 1 saturated heterocycles. The Kier molecular flexibility index (Phi) is 2.73. The zero-order valence-corrected chi connectivity index (χ0v) is 11.6. The van der Waals surface area contributed by atoms with Crippen molar-refractivity contribution in [1.82, 2.24) is 19.6 Å². The highest BCUT2D eigenvalue weighted by Crippen LogP contribution is 2.36. The molecule has 3 aromatic rings. The van der Waals surface area contributed by atoms with E-state index < -0.39 is 0 Å². The molecule has 6 nitrogen and oxygen atoms in total. The van der Waals surface area contributed by atoms with Gasteiger partial charge in [0.1, 0.15) is 0 Å². The molecule has 3 heterocycles. The zero-order chi connectivity index (χ0) is 14.2. The first kappa shape index (κ1) is 12.1. The van der Waals surface area contributed by atoms with Crippen LogP contribution in [0.15, 0.2) is 42.7 Å². The topological polar surface area (TPSA) is 72.3 Å². The van der Waals surface area contributed by atoms with E-state index in [4.69, 9.17) is 5.73 Å². The molecule has 1 aromatic carbocycles. The van der Waals surface area contributed by atoms with Gasteiger partial charge in [-0.05, 0) is 18.4 Å². The second kappa shape index (κ2) is 4.73. The fourth-order valence-electron chi connectivity index (χ4n) is 3.07. The Morgan fingerprint density at radius 2 is 2.05 bits per heavy atom. The summed E-state index contributed by atoms with van der Waals surface area (Å²) >= 11 is 0. The molecule has 0 bridgehead atoms. The summed E-state index contributed by atoms with van der Waals surface area (Å²) in [5.41, 5.74) is 7.75. The number of hydrogen-bond acceptors (Lipinski definition) is 5. The number of benzene rings is 1. The van der Waals surface area contributed by atoms with Crippen LogP contribution in [-0.2, 0) is 0 Å². The smallest absolute Gasteiger partial charge is 0.240 e. The fraction of sp³-hybridized carbons (Fsp3) is 0.267. The van der Waals surface area contributed by atoms with Gasteiger partial charge in [-0.3, -0.25) is 0 Å². The number of hydrogen-bond donors (Lipinski definition) is 1. The van der Waals surface area contributed by atoms with E-state index in [0.29, 0.717) is 6.04 Å². The Labute approximate surface area is 122 Å². The van der Waals surface area contributed by atoms with E-state index in [9.17, 15) is 0 Å². The first-order chi connectivity index (χ1) is 10.3. The number of anilines is 2. The summed E-state index contributed by atoms with van der Waals surface area (Å²) in [4.78, 5) is 11.1. The molecule has 106 valence electrons.